The molecule has 1 amide bonds. The summed E-state index contributed by atoms with van der Waals surface area (Å²) in [6, 6.07) is 13.4. The first kappa shape index (κ1) is 61.4. The summed E-state index contributed by atoms with van der Waals surface area (Å²) in [6.07, 6.45) is 19.8. The molecule has 1 saturated heterocycles. The molecule has 412 valence electrons. The zero-order valence-corrected chi connectivity index (χ0v) is 43.5. The second kappa shape index (κ2) is 40.2. The molecule has 0 bridgehead atoms. The standard InChI is InChI=1S/C55H82N4O15/c1-2-3-4-5-6-7-8-9-10-11-12-13-14-15-19-22-50(62)74-53-52(57-49(61)41-45-23-26-56-27-24-45)47(73-54(53)59-28-25-48(60)58-55(59)64)43-72-51(63)44-71-40-38-69-36-34-67-32-30-65-29-31-66-33-35-68-37-39-70-42-46-20-17-16-18-21-46/h9-10,16-18,20-21,23-28,47,52-54H,2-8,11-15,19,22,29-44H2,1H3,(H,57,61)(H,58,60,64)/b10-9-/t47-,52+,53-,54-/m1/s1. The van der Waals surface area contributed by atoms with Gasteiger partial charge in [-0.2, -0.15) is 0 Å². The highest BCUT2D eigenvalue weighted by molar-refractivity contribution is 5.79. The summed E-state index contributed by atoms with van der Waals surface area (Å²) in [6.45, 7) is 6.61. The summed E-state index contributed by atoms with van der Waals surface area (Å²) in [5.74, 6) is -1.71. The SMILES string of the molecule is CCCCCCCC/C=C\CCCCCCCC(=O)O[C@@H]1[C@@H](NC(=O)Cc2ccncc2)[C@@H](COC(=O)COCCOCCOCCOCCOCCOCCOCc2ccccc2)O[C@H]1n1ccc(=O)[nH]c1=O. The number of H-pyrrole nitrogens is 1. The number of aromatic amines is 1. The van der Waals surface area contributed by atoms with Crippen LogP contribution in [0, 0.1) is 0 Å². The Morgan fingerprint density at radius 1 is 0.649 bits per heavy atom. The quantitative estimate of drug-likeness (QED) is 0.0357. The fourth-order valence-electron chi connectivity index (χ4n) is 7.86. The lowest BCUT2D eigenvalue weighted by molar-refractivity contribution is -0.157. The number of benzene rings is 1. The van der Waals surface area contributed by atoms with Crippen molar-refractivity contribution in [3.05, 3.63) is 111 Å². The van der Waals surface area contributed by atoms with Gasteiger partial charge >= 0.3 is 17.6 Å². The lowest BCUT2D eigenvalue weighted by Crippen LogP contribution is -2.51. The number of aromatic nitrogens is 3. The molecule has 1 aliphatic heterocycles. The summed E-state index contributed by atoms with van der Waals surface area (Å²) in [7, 11) is 0. The monoisotopic (exact) mass is 1040 g/mol. The van der Waals surface area contributed by atoms with E-state index in [-0.39, 0.29) is 32.7 Å². The molecule has 2 aromatic heterocycles. The van der Waals surface area contributed by atoms with Gasteiger partial charge < -0.3 is 52.7 Å². The van der Waals surface area contributed by atoms with Gasteiger partial charge in [0.15, 0.2) is 12.3 Å². The van der Waals surface area contributed by atoms with Crippen molar-refractivity contribution in [2.75, 3.05) is 92.5 Å². The molecule has 19 heteroatoms. The number of nitrogens with one attached hydrogen (secondary N) is 2. The first-order valence-electron chi connectivity index (χ1n) is 26.6. The average Bonchev–Trinajstić information content (AvgIpc) is 3.72. The van der Waals surface area contributed by atoms with E-state index in [1.54, 1.807) is 24.5 Å². The van der Waals surface area contributed by atoms with Crippen LogP contribution in [-0.4, -0.2) is 143 Å². The van der Waals surface area contributed by atoms with Crippen LogP contribution in [0.1, 0.15) is 114 Å². The predicted octanol–water partition coefficient (Wildman–Crippen LogP) is 6.37. The summed E-state index contributed by atoms with van der Waals surface area (Å²) in [4.78, 5) is 71.0. The first-order chi connectivity index (χ1) is 36.3. The Balaban J connectivity index is 1.12. The molecular formula is C55H82N4O15. The van der Waals surface area contributed by atoms with E-state index in [0.29, 0.717) is 84.7 Å². The highest BCUT2D eigenvalue weighted by atomic mass is 16.6. The summed E-state index contributed by atoms with van der Waals surface area (Å²) < 4.78 is 57.5. The van der Waals surface area contributed by atoms with Crippen molar-refractivity contribution in [3.63, 3.8) is 0 Å². The molecule has 0 radical (unpaired) electrons. The number of carbonyl (C=O) groups is 3. The number of esters is 2. The van der Waals surface area contributed by atoms with Gasteiger partial charge in [0.1, 0.15) is 19.3 Å². The third-order valence-electron chi connectivity index (χ3n) is 11.8. The molecule has 2 N–H and O–H groups in total. The number of unbranched alkanes of at least 4 members (excludes halogenated alkanes) is 11. The maximum absolute atomic E-state index is 13.5. The summed E-state index contributed by atoms with van der Waals surface area (Å²) >= 11 is 0. The van der Waals surface area contributed by atoms with Crippen molar-refractivity contribution in [3.8, 4) is 0 Å². The van der Waals surface area contributed by atoms with E-state index in [1.165, 1.54) is 44.7 Å². The van der Waals surface area contributed by atoms with E-state index in [9.17, 15) is 24.0 Å². The van der Waals surface area contributed by atoms with Gasteiger partial charge in [-0.05, 0) is 55.4 Å². The zero-order chi connectivity index (χ0) is 52.5. The largest absolute Gasteiger partial charge is 0.461 e. The second-order valence-corrected chi connectivity index (χ2v) is 17.8. The van der Waals surface area contributed by atoms with Gasteiger partial charge in [0.25, 0.3) is 5.56 Å². The van der Waals surface area contributed by atoms with Crippen LogP contribution in [0.2, 0.25) is 0 Å². The Labute approximate surface area is 436 Å². The average molecular weight is 1040 g/mol. The smallest absolute Gasteiger partial charge is 0.332 e. The molecule has 3 aromatic rings. The van der Waals surface area contributed by atoms with E-state index in [1.807, 2.05) is 30.3 Å². The Kier molecular flexibility index (Phi) is 33.4. The maximum Gasteiger partial charge on any atom is 0.332 e. The van der Waals surface area contributed by atoms with Crippen molar-refractivity contribution in [1.29, 1.82) is 0 Å². The van der Waals surface area contributed by atoms with Crippen LogP contribution < -0.4 is 16.6 Å². The fourth-order valence-corrected chi connectivity index (χ4v) is 7.86. The summed E-state index contributed by atoms with van der Waals surface area (Å²) in [5.41, 5.74) is 0.355. The van der Waals surface area contributed by atoms with Gasteiger partial charge in [-0.25, -0.2) is 9.59 Å². The molecule has 1 aliphatic rings. The van der Waals surface area contributed by atoms with Crippen LogP contribution in [-0.2, 0) is 74.8 Å². The number of carbonyl (C=O) groups excluding carboxylic acids is 3. The molecule has 3 heterocycles. The lowest BCUT2D eigenvalue weighted by atomic mass is 10.1. The van der Waals surface area contributed by atoms with E-state index >= 15 is 0 Å². The molecule has 19 nitrogen and oxygen atoms in total. The molecule has 0 unspecified atom stereocenters. The topological polar surface area (TPSA) is 223 Å². The van der Waals surface area contributed by atoms with Crippen molar-refractivity contribution >= 4 is 17.8 Å². The highest BCUT2D eigenvalue weighted by Crippen LogP contribution is 2.32. The Bertz CT molecular complexity index is 2070. The number of hydrogen-bond donors (Lipinski definition) is 2. The molecule has 4 atom stereocenters. The minimum absolute atomic E-state index is 0.0395. The Hall–Kier alpha value is -5.12. The van der Waals surface area contributed by atoms with Crippen molar-refractivity contribution < 1.29 is 61.8 Å². The van der Waals surface area contributed by atoms with Crippen LogP contribution in [0.25, 0.3) is 0 Å². The van der Waals surface area contributed by atoms with Crippen LogP contribution >= 0.6 is 0 Å². The van der Waals surface area contributed by atoms with E-state index in [0.717, 1.165) is 54.7 Å². The number of rotatable bonds is 44. The van der Waals surface area contributed by atoms with E-state index in [2.05, 4.69) is 34.4 Å². The minimum atomic E-state index is -1.28. The maximum atomic E-state index is 13.5. The predicted molar refractivity (Wildman–Crippen MR) is 276 cm³/mol. The first-order valence-corrected chi connectivity index (χ1v) is 26.6. The van der Waals surface area contributed by atoms with E-state index in [4.69, 9.17) is 47.4 Å². The third-order valence-corrected chi connectivity index (χ3v) is 11.8. The fraction of sp³-hybridized carbons (Fsp3) is 0.636. The molecule has 4 rings (SSSR count). The molecule has 1 aromatic carbocycles. The van der Waals surface area contributed by atoms with Gasteiger partial charge in [0.05, 0.1) is 98.4 Å². The normalized spacial score (nSPS) is 16.4. The number of hydrogen-bond acceptors (Lipinski definition) is 16. The third kappa shape index (κ3) is 28.0. The Morgan fingerprint density at radius 2 is 1.20 bits per heavy atom. The Morgan fingerprint density at radius 3 is 1.80 bits per heavy atom. The molecule has 0 aliphatic carbocycles. The second-order valence-electron chi connectivity index (χ2n) is 17.8. The molecule has 0 saturated carbocycles. The number of ether oxygens (including phenoxy) is 10. The van der Waals surface area contributed by atoms with Gasteiger partial charge in [0.2, 0.25) is 5.91 Å². The molecular weight excluding hydrogens is 957 g/mol. The minimum Gasteiger partial charge on any atom is -0.461 e. The van der Waals surface area contributed by atoms with Crippen molar-refractivity contribution in [1.82, 2.24) is 19.9 Å². The zero-order valence-electron chi connectivity index (χ0n) is 43.5. The summed E-state index contributed by atoms with van der Waals surface area (Å²) in [5, 5.41) is 2.90. The molecule has 1 fully saturated rings. The van der Waals surface area contributed by atoms with Crippen molar-refractivity contribution in [2.24, 2.45) is 0 Å². The van der Waals surface area contributed by atoms with E-state index < -0.39 is 60.2 Å². The number of pyridine rings is 1. The van der Waals surface area contributed by atoms with Crippen LogP contribution in [0.15, 0.2) is 88.9 Å². The molecule has 0 spiro atoms. The van der Waals surface area contributed by atoms with Crippen LogP contribution in [0.3, 0.4) is 0 Å². The van der Waals surface area contributed by atoms with Crippen LogP contribution in [0.5, 0.6) is 0 Å². The van der Waals surface area contributed by atoms with Gasteiger partial charge in [0, 0.05) is 31.1 Å². The molecule has 74 heavy (non-hydrogen) atoms. The van der Waals surface area contributed by atoms with Gasteiger partial charge in [-0.1, -0.05) is 101 Å². The van der Waals surface area contributed by atoms with Crippen molar-refractivity contribution in [2.45, 2.75) is 134 Å². The number of amides is 1. The van der Waals surface area contributed by atoms with Gasteiger partial charge in [-0.15, -0.1) is 0 Å². The van der Waals surface area contributed by atoms with Gasteiger partial charge in [-0.3, -0.25) is 28.9 Å². The number of nitrogens with zero attached hydrogens (tertiary/aromatic N) is 2. The lowest BCUT2D eigenvalue weighted by Gasteiger charge is -2.26. The highest BCUT2D eigenvalue weighted by Gasteiger charge is 2.49. The number of allylic oxidation sites excluding steroid dienone is 2. The van der Waals surface area contributed by atoms with Crippen LogP contribution in [0.4, 0.5) is 0 Å².